The summed E-state index contributed by atoms with van der Waals surface area (Å²) in [5.41, 5.74) is 2.69. The second kappa shape index (κ2) is 8.58. The van der Waals surface area contributed by atoms with E-state index in [2.05, 4.69) is 22.0 Å². The van der Waals surface area contributed by atoms with Gasteiger partial charge in [0.1, 0.15) is 5.75 Å². The first-order chi connectivity index (χ1) is 12.6. The molecule has 136 valence electrons. The van der Waals surface area contributed by atoms with Crippen molar-refractivity contribution >= 4 is 11.9 Å². The third-order valence-electron chi connectivity index (χ3n) is 4.67. The third kappa shape index (κ3) is 4.67. The van der Waals surface area contributed by atoms with Gasteiger partial charge in [-0.1, -0.05) is 30.7 Å². The minimum Gasteiger partial charge on any atom is -0.507 e. The van der Waals surface area contributed by atoms with Crippen LogP contribution in [-0.4, -0.2) is 34.2 Å². The van der Waals surface area contributed by atoms with E-state index in [0.717, 1.165) is 25.2 Å². The molecule has 1 fully saturated rings. The average Bonchev–Trinajstić information content (AvgIpc) is 2.65. The van der Waals surface area contributed by atoms with Crippen LogP contribution in [-0.2, 0) is 13.1 Å². The number of nitro groups is 1. The fourth-order valence-electron chi connectivity index (χ4n) is 3.23. The lowest BCUT2D eigenvalue weighted by atomic mass is 10.1. The van der Waals surface area contributed by atoms with E-state index in [1.165, 1.54) is 49.2 Å². The van der Waals surface area contributed by atoms with E-state index < -0.39 is 4.92 Å². The molecule has 0 bridgehead atoms. The molecule has 0 amide bonds. The Morgan fingerprint density at radius 3 is 2.58 bits per heavy atom. The lowest BCUT2D eigenvalue weighted by Gasteiger charge is -2.27. The molecule has 0 saturated carbocycles. The van der Waals surface area contributed by atoms with Crippen LogP contribution in [0.15, 0.2) is 47.5 Å². The minimum absolute atomic E-state index is 0.0130. The van der Waals surface area contributed by atoms with Crippen molar-refractivity contribution in [2.75, 3.05) is 13.1 Å². The largest absolute Gasteiger partial charge is 0.507 e. The number of hydrogen-bond acceptors (Lipinski definition) is 5. The summed E-state index contributed by atoms with van der Waals surface area (Å²) in [6.07, 6.45) is 5.33. The van der Waals surface area contributed by atoms with Crippen LogP contribution >= 0.6 is 0 Å². The standard InChI is InChI=1S/C20H23N3O3/c24-20-9-8-19(23(25)26)12-18(20)14-21-13-16-6-2-3-7-17(16)15-22-10-4-1-5-11-22/h2-3,6-9,12,14,24H,1,4-5,10-11,13,15H2. The van der Waals surface area contributed by atoms with Gasteiger partial charge in [-0.05, 0) is 43.1 Å². The van der Waals surface area contributed by atoms with Crippen LogP contribution in [0.4, 0.5) is 5.69 Å². The van der Waals surface area contributed by atoms with Gasteiger partial charge in [0.2, 0.25) is 0 Å². The zero-order valence-corrected chi connectivity index (χ0v) is 14.7. The zero-order chi connectivity index (χ0) is 18.4. The molecular formula is C20H23N3O3. The highest BCUT2D eigenvalue weighted by atomic mass is 16.6. The number of phenolic OH excluding ortho intramolecular Hbond substituents is 1. The van der Waals surface area contributed by atoms with Crippen molar-refractivity contribution in [1.29, 1.82) is 0 Å². The van der Waals surface area contributed by atoms with Crippen molar-refractivity contribution in [3.05, 3.63) is 69.3 Å². The molecule has 1 aliphatic heterocycles. The van der Waals surface area contributed by atoms with Crippen LogP contribution < -0.4 is 0 Å². The molecule has 0 aromatic heterocycles. The molecule has 6 heteroatoms. The highest BCUT2D eigenvalue weighted by Gasteiger charge is 2.12. The van der Waals surface area contributed by atoms with Gasteiger partial charge < -0.3 is 5.11 Å². The van der Waals surface area contributed by atoms with Crippen LogP contribution in [0.25, 0.3) is 0 Å². The Morgan fingerprint density at radius 2 is 1.85 bits per heavy atom. The molecule has 0 aliphatic carbocycles. The Morgan fingerprint density at radius 1 is 1.12 bits per heavy atom. The van der Waals surface area contributed by atoms with E-state index >= 15 is 0 Å². The molecule has 1 saturated heterocycles. The molecule has 1 aliphatic rings. The van der Waals surface area contributed by atoms with E-state index in [1.807, 2.05) is 12.1 Å². The maximum absolute atomic E-state index is 10.9. The van der Waals surface area contributed by atoms with Crippen LogP contribution in [0.2, 0.25) is 0 Å². The molecule has 0 unspecified atom stereocenters. The molecule has 0 radical (unpaired) electrons. The number of rotatable bonds is 6. The first kappa shape index (κ1) is 18.1. The summed E-state index contributed by atoms with van der Waals surface area (Å²) in [4.78, 5) is 17.3. The number of hydrogen-bond donors (Lipinski definition) is 1. The molecule has 2 aromatic carbocycles. The van der Waals surface area contributed by atoms with Gasteiger partial charge in [0, 0.05) is 30.5 Å². The number of aromatic hydroxyl groups is 1. The maximum atomic E-state index is 10.9. The van der Waals surface area contributed by atoms with Crippen LogP contribution in [0.5, 0.6) is 5.75 Å². The van der Waals surface area contributed by atoms with E-state index in [0.29, 0.717) is 12.1 Å². The van der Waals surface area contributed by atoms with Gasteiger partial charge >= 0.3 is 0 Å². The Kier molecular flexibility index (Phi) is 5.96. The molecule has 1 N–H and O–H groups in total. The number of benzene rings is 2. The summed E-state index contributed by atoms with van der Waals surface area (Å²) < 4.78 is 0. The van der Waals surface area contributed by atoms with Crippen LogP contribution in [0.1, 0.15) is 36.0 Å². The van der Waals surface area contributed by atoms with Gasteiger partial charge in [-0.3, -0.25) is 20.0 Å². The van der Waals surface area contributed by atoms with Crippen molar-refractivity contribution in [1.82, 2.24) is 4.90 Å². The molecular weight excluding hydrogens is 330 g/mol. The first-order valence-electron chi connectivity index (χ1n) is 8.90. The average molecular weight is 353 g/mol. The molecule has 0 spiro atoms. The summed E-state index contributed by atoms with van der Waals surface area (Å²) >= 11 is 0. The molecule has 6 nitrogen and oxygen atoms in total. The fourth-order valence-corrected chi connectivity index (χ4v) is 3.23. The lowest BCUT2D eigenvalue weighted by Crippen LogP contribution is -2.29. The zero-order valence-electron chi connectivity index (χ0n) is 14.7. The Bertz CT molecular complexity index is 799. The second-order valence-electron chi connectivity index (χ2n) is 6.58. The number of phenols is 1. The Hall–Kier alpha value is -2.73. The number of non-ortho nitro benzene ring substituents is 1. The van der Waals surface area contributed by atoms with E-state index in [-0.39, 0.29) is 11.4 Å². The second-order valence-corrected chi connectivity index (χ2v) is 6.58. The topological polar surface area (TPSA) is 79.0 Å². The van der Waals surface area contributed by atoms with Crippen molar-refractivity contribution in [2.24, 2.45) is 4.99 Å². The van der Waals surface area contributed by atoms with Crippen molar-refractivity contribution in [3.63, 3.8) is 0 Å². The molecule has 3 rings (SSSR count). The highest BCUT2D eigenvalue weighted by Crippen LogP contribution is 2.22. The minimum atomic E-state index is -0.481. The van der Waals surface area contributed by atoms with E-state index in [4.69, 9.17) is 0 Å². The monoisotopic (exact) mass is 353 g/mol. The van der Waals surface area contributed by atoms with Gasteiger partial charge in [0.15, 0.2) is 0 Å². The SMILES string of the molecule is O=[N+]([O-])c1ccc(O)c(C=NCc2ccccc2CN2CCCCC2)c1. The van der Waals surface area contributed by atoms with Gasteiger partial charge in [-0.2, -0.15) is 0 Å². The summed E-state index contributed by atoms with van der Waals surface area (Å²) in [7, 11) is 0. The van der Waals surface area contributed by atoms with Crippen LogP contribution in [0, 0.1) is 10.1 Å². The van der Waals surface area contributed by atoms with Gasteiger partial charge in [-0.25, -0.2) is 0 Å². The molecule has 0 atom stereocenters. The van der Waals surface area contributed by atoms with Crippen molar-refractivity contribution in [2.45, 2.75) is 32.4 Å². The summed E-state index contributed by atoms with van der Waals surface area (Å²) in [5.74, 6) is -0.0130. The third-order valence-corrected chi connectivity index (χ3v) is 4.67. The molecule has 26 heavy (non-hydrogen) atoms. The summed E-state index contributed by atoms with van der Waals surface area (Å²) in [6, 6.07) is 12.2. The lowest BCUT2D eigenvalue weighted by molar-refractivity contribution is -0.384. The Labute approximate surface area is 153 Å². The van der Waals surface area contributed by atoms with E-state index in [1.54, 1.807) is 0 Å². The Balaban J connectivity index is 1.70. The van der Waals surface area contributed by atoms with Gasteiger partial charge in [0.05, 0.1) is 11.5 Å². The van der Waals surface area contributed by atoms with Crippen LogP contribution in [0.3, 0.4) is 0 Å². The van der Waals surface area contributed by atoms with Gasteiger partial charge in [0.25, 0.3) is 5.69 Å². The van der Waals surface area contributed by atoms with Crippen molar-refractivity contribution < 1.29 is 10.0 Å². The van der Waals surface area contributed by atoms with E-state index in [9.17, 15) is 15.2 Å². The quantitative estimate of drug-likeness (QED) is 0.485. The molecule has 2 aromatic rings. The number of piperidine rings is 1. The first-order valence-corrected chi connectivity index (χ1v) is 8.90. The fraction of sp³-hybridized carbons (Fsp3) is 0.350. The predicted octanol–water partition coefficient (Wildman–Crippen LogP) is 3.91. The number of nitrogens with zero attached hydrogens (tertiary/aromatic N) is 3. The number of likely N-dealkylation sites (tertiary alicyclic amines) is 1. The summed E-state index contributed by atoms with van der Waals surface area (Å²) in [5, 5.41) is 20.7. The number of nitro benzene ring substituents is 1. The van der Waals surface area contributed by atoms with Crippen molar-refractivity contribution in [3.8, 4) is 5.75 Å². The molecule has 1 heterocycles. The highest BCUT2D eigenvalue weighted by molar-refractivity contribution is 5.84. The smallest absolute Gasteiger partial charge is 0.270 e. The maximum Gasteiger partial charge on any atom is 0.270 e. The summed E-state index contributed by atoms with van der Waals surface area (Å²) in [6.45, 7) is 3.68. The number of aliphatic imine (C=N–C) groups is 1. The predicted molar refractivity (Wildman–Crippen MR) is 102 cm³/mol. The normalized spacial score (nSPS) is 15.4. The van der Waals surface area contributed by atoms with Gasteiger partial charge in [-0.15, -0.1) is 0 Å².